The molecule has 2 fully saturated rings. The number of nitrogens with one attached hydrogen (secondary N) is 2. The zero-order valence-electron chi connectivity index (χ0n) is 17.6. The maximum Gasteiger partial charge on any atom is 0.243 e. The fourth-order valence-electron chi connectivity index (χ4n) is 3.96. The number of amides is 1. The monoisotopic (exact) mass is 385 g/mol. The number of benzene rings is 1. The van der Waals surface area contributed by atoms with E-state index < -0.39 is 0 Å². The molecule has 2 aliphatic rings. The molecule has 1 aromatic carbocycles. The van der Waals surface area contributed by atoms with Crippen LogP contribution in [0.1, 0.15) is 44.1 Å². The third-order valence-electron chi connectivity index (χ3n) is 5.73. The van der Waals surface area contributed by atoms with Crippen molar-refractivity contribution in [3.63, 3.8) is 0 Å². The molecule has 2 N–H and O–H groups in total. The Hall–Kier alpha value is -2.24. The predicted octanol–water partition coefficient (Wildman–Crippen LogP) is 2.53. The number of guanidine groups is 1. The Morgan fingerprint density at radius 1 is 1.07 bits per heavy atom. The number of nitrogens with zero attached hydrogens (tertiary/aromatic N) is 3. The summed E-state index contributed by atoms with van der Waals surface area (Å²) in [4.78, 5) is 20.6. The van der Waals surface area contributed by atoms with Crippen LogP contribution in [-0.2, 0) is 4.79 Å². The molecular weight excluding hydrogens is 350 g/mol. The number of aliphatic imine (C=N–C) groups is 1. The van der Waals surface area contributed by atoms with E-state index >= 15 is 0 Å². The van der Waals surface area contributed by atoms with Gasteiger partial charge in [-0.05, 0) is 44.7 Å². The average molecular weight is 386 g/mol. The molecule has 1 heterocycles. The SMILES string of the molecule is Cc1ccc(N2CCCC(NC(=NCC(=O)N(C)C)NC3CCCC3)C2)cc1. The first kappa shape index (κ1) is 20.5. The van der Waals surface area contributed by atoms with Gasteiger partial charge in [0.1, 0.15) is 6.54 Å². The number of likely N-dealkylation sites (N-methyl/N-ethyl adjacent to an activating group) is 1. The van der Waals surface area contributed by atoms with Gasteiger partial charge in [0.05, 0.1) is 0 Å². The quantitative estimate of drug-likeness (QED) is 0.604. The van der Waals surface area contributed by atoms with Crippen molar-refractivity contribution < 1.29 is 4.79 Å². The summed E-state index contributed by atoms with van der Waals surface area (Å²) < 4.78 is 0. The molecule has 0 aromatic heterocycles. The number of rotatable bonds is 5. The molecule has 1 saturated heterocycles. The van der Waals surface area contributed by atoms with E-state index in [4.69, 9.17) is 0 Å². The highest BCUT2D eigenvalue weighted by Gasteiger charge is 2.23. The van der Waals surface area contributed by atoms with Gasteiger partial charge in [0, 0.05) is 45.0 Å². The van der Waals surface area contributed by atoms with Crippen LogP contribution in [0.3, 0.4) is 0 Å². The summed E-state index contributed by atoms with van der Waals surface area (Å²) in [6.45, 7) is 4.35. The number of carbonyl (C=O) groups is 1. The van der Waals surface area contributed by atoms with Crippen LogP contribution in [0.4, 0.5) is 5.69 Å². The van der Waals surface area contributed by atoms with Crippen LogP contribution in [0.15, 0.2) is 29.3 Å². The molecular formula is C22H35N5O. The summed E-state index contributed by atoms with van der Waals surface area (Å²) in [6.07, 6.45) is 7.18. The first-order valence-electron chi connectivity index (χ1n) is 10.6. The van der Waals surface area contributed by atoms with Crippen molar-refractivity contribution in [2.45, 2.75) is 57.5 Å². The summed E-state index contributed by atoms with van der Waals surface area (Å²) in [5, 5.41) is 7.18. The molecule has 0 bridgehead atoms. The summed E-state index contributed by atoms with van der Waals surface area (Å²) in [7, 11) is 3.55. The van der Waals surface area contributed by atoms with Gasteiger partial charge in [-0.15, -0.1) is 0 Å². The van der Waals surface area contributed by atoms with Gasteiger partial charge in [0.25, 0.3) is 0 Å². The van der Waals surface area contributed by atoms with Gasteiger partial charge in [0.2, 0.25) is 5.91 Å². The molecule has 1 amide bonds. The fraction of sp³-hybridized carbons (Fsp3) is 0.636. The smallest absolute Gasteiger partial charge is 0.243 e. The summed E-state index contributed by atoms with van der Waals surface area (Å²) in [5.74, 6) is 0.815. The minimum atomic E-state index is 0.0254. The van der Waals surface area contributed by atoms with Crippen LogP contribution in [0.25, 0.3) is 0 Å². The van der Waals surface area contributed by atoms with Crippen LogP contribution in [-0.4, -0.2) is 62.6 Å². The summed E-state index contributed by atoms with van der Waals surface area (Å²) in [5.41, 5.74) is 2.57. The number of aryl methyl sites for hydroxylation is 1. The van der Waals surface area contributed by atoms with E-state index in [2.05, 4.69) is 51.7 Å². The van der Waals surface area contributed by atoms with Crippen molar-refractivity contribution >= 4 is 17.6 Å². The van der Waals surface area contributed by atoms with Crippen LogP contribution < -0.4 is 15.5 Å². The van der Waals surface area contributed by atoms with Crippen LogP contribution in [0, 0.1) is 6.92 Å². The Morgan fingerprint density at radius 3 is 2.39 bits per heavy atom. The Kier molecular flexibility index (Phi) is 7.18. The van der Waals surface area contributed by atoms with Crippen molar-refractivity contribution in [3.05, 3.63) is 29.8 Å². The van der Waals surface area contributed by atoms with Gasteiger partial charge in [-0.1, -0.05) is 30.5 Å². The highest BCUT2D eigenvalue weighted by molar-refractivity contribution is 5.85. The van der Waals surface area contributed by atoms with Crippen LogP contribution in [0.2, 0.25) is 0 Å². The summed E-state index contributed by atoms with van der Waals surface area (Å²) in [6, 6.07) is 9.56. The second kappa shape index (κ2) is 9.80. The van der Waals surface area contributed by atoms with E-state index in [0.717, 1.165) is 31.9 Å². The molecule has 0 radical (unpaired) electrons. The third-order valence-corrected chi connectivity index (χ3v) is 5.73. The third kappa shape index (κ3) is 5.88. The Bertz CT molecular complexity index is 664. The molecule has 1 atom stereocenters. The average Bonchev–Trinajstić information content (AvgIpc) is 3.19. The van der Waals surface area contributed by atoms with Crippen molar-refractivity contribution in [1.82, 2.24) is 15.5 Å². The molecule has 1 unspecified atom stereocenters. The van der Waals surface area contributed by atoms with E-state index in [1.54, 1.807) is 19.0 Å². The zero-order chi connectivity index (χ0) is 19.9. The van der Waals surface area contributed by atoms with Crippen molar-refractivity contribution in [2.24, 2.45) is 4.99 Å². The topological polar surface area (TPSA) is 60.0 Å². The second-order valence-corrected chi connectivity index (χ2v) is 8.34. The molecule has 1 aromatic rings. The van der Waals surface area contributed by atoms with Crippen molar-refractivity contribution in [1.29, 1.82) is 0 Å². The van der Waals surface area contributed by atoms with Crippen LogP contribution >= 0.6 is 0 Å². The van der Waals surface area contributed by atoms with Gasteiger partial charge >= 0.3 is 0 Å². The lowest BCUT2D eigenvalue weighted by Crippen LogP contribution is -2.53. The zero-order valence-corrected chi connectivity index (χ0v) is 17.6. The van der Waals surface area contributed by atoms with Gasteiger partial charge in [-0.25, -0.2) is 4.99 Å². The van der Waals surface area contributed by atoms with Crippen molar-refractivity contribution in [3.8, 4) is 0 Å². The lowest BCUT2D eigenvalue weighted by molar-refractivity contribution is -0.127. The molecule has 1 aliphatic heterocycles. The van der Waals surface area contributed by atoms with Crippen molar-refractivity contribution in [2.75, 3.05) is 38.6 Å². The van der Waals surface area contributed by atoms with Crippen LogP contribution in [0.5, 0.6) is 0 Å². The van der Waals surface area contributed by atoms with Gasteiger partial charge < -0.3 is 20.4 Å². The lowest BCUT2D eigenvalue weighted by Gasteiger charge is -2.36. The number of carbonyl (C=O) groups excluding carboxylic acids is 1. The Balaban J connectivity index is 1.63. The molecule has 1 aliphatic carbocycles. The highest BCUT2D eigenvalue weighted by atomic mass is 16.2. The predicted molar refractivity (Wildman–Crippen MR) is 116 cm³/mol. The van der Waals surface area contributed by atoms with E-state index in [1.165, 1.54) is 36.9 Å². The molecule has 6 nitrogen and oxygen atoms in total. The number of hydrogen-bond donors (Lipinski definition) is 2. The Labute approximate surface area is 169 Å². The maximum atomic E-state index is 12.0. The second-order valence-electron chi connectivity index (χ2n) is 8.34. The van der Waals surface area contributed by atoms with Gasteiger partial charge in [-0.2, -0.15) is 0 Å². The number of anilines is 1. The Morgan fingerprint density at radius 2 is 1.71 bits per heavy atom. The summed E-state index contributed by atoms with van der Waals surface area (Å²) >= 11 is 0. The molecule has 154 valence electrons. The van der Waals surface area contributed by atoms with Gasteiger partial charge in [0.15, 0.2) is 5.96 Å². The molecule has 3 rings (SSSR count). The number of hydrogen-bond acceptors (Lipinski definition) is 3. The molecule has 1 saturated carbocycles. The largest absolute Gasteiger partial charge is 0.369 e. The normalized spacial score (nSPS) is 20.9. The van der Waals surface area contributed by atoms with Gasteiger partial charge in [-0.3, -0.25) is 4.79 Å². The minimum absolute atomic E-state index is 0.0254. The molecule has 0 spiro atoms. The lowest BCUT2D eigenvalue weighted by atomic mass is 10.0. The molecule has 6 heteroatoms. The minimum Gasteiger partial charge on any atom is -0.369 e. The van der Waals surface area contributed by atoms with E-state index in [9.17, 15) is 4.79 Å². The first-order chi connectivity index (χ1) is 13.5. The van der Waals surface area contributed by atoms with E-state index in [-0.39, 0.29) is 12.5 Å². The fourth-order valence-corrected chi connectivity index (χ4v) is 3.96. The maximum absolute atomic E-state index is 12.0. The molecule has 28 heavy (non-hydrogen) atoms. The highest BCUT2D eigenvalue weighted by Crippen LogP contribution is 2.21. The standard InChI is InChI=1S/C22H35N5O/c1-17-10-12-20(13-11-17)27-14-6-9-19(16-27)25-22(23-15-21(28)26(2)3)24-18-7-4-5-8-18/h10-13,18-19H,4-9,14-16H2,1-3H3,(H2,23,24,25). The number of piperidine rings is 1. The van der Waals surface area contributed by atoms with E-state index in [0.29, 0.717) is 12.1 Å². The van der Waals surface area contributed by atoms with E-state index in [1.807, 2.05) is 0 Å². The first-order valence-corrected chi connectivity index (χ1v) is 10.6.